The maximum absolute atomic E-state index is 13.6. The van der Waals surface area contributed by atoms with Crippen LogP contribution in [0.5, 0.6) is 0 Å². The summed E-state index contributed by atoms with van der Waals surface area (Å²) in [7, 11) is -3.90. The van der Waals surface area contributed by atoms with Crippen molar-refractivity contribution in [3.8, 4) is 0 Å². The summed E-state index contributed by atoms with van der Waals surface area (Å²) in [5, 5.41) is 0. The summed E-state index contributed by atoms with van der Waals surface area (Å²) in [5.41, 5.74) is 2.76. The zero-order valence-corrected chi connectivity index (χ0v) is 17.3. The van der Waals surface area contributed by atoms with Gasteiger partial charge in [-0.1, -0.05) is 54.1 Å². The highest BCUT2D eigenvalue weighted by molar-refractivity contribution is 7.89. The summed E-state index contributed by atoms with van der Waals surface area (Å²) in [4.78, 5) is 14.6. The van der Waals surface area contributed by atoms with Crippen LogP contribution in [0.3, 0.4) is 0 Å². The van der Waals surface area contributed by atoms with Gasteiger partial charge in [0.1, 0.15) is 10.7 Å². The van der Waals surface area contributed by atoms with Crippen LogP contribution in [0.15, 0.2) is 77.7 Å². The summed E-state index contributed by atoms with van der Waals surface area (Å²) in [5.74, 6) is -0.767. The summed E-state index contributed by atoms with van der Waals surface area (Å²) in [6.07, 6.45) is 0. The molecule has 7 heteroatoms. The molecule has 0 bridgehead atoms. The van der Waals surface area contributed by atoms with E-state index in [9.17, 15) is 17.6 Å². The number of anilines is 1. The third-order valence-electron chi connectivity index (χ3n) is 5.10. The van der Waals surface area contributed by atoms with E-state index in [0.29, 0.717) is 11.3 Å². The van der Waals surface area contributed by atoms with Crippen molar-refractivity contribution in [3.63, 3.8) is 0 Å². The van der Waals surface area contributed by atoms with Gasteiger partial charge in [-0.2, -0.15) is 4.31 Å². The minimum Gasteiger partial charge on any atom is -0.305 e. The Bertz CT molecular complexity index is 1190. The highest BCUT2D eigenvalue weighted by Gasteiger charge is 2.36. The number of hydrogen-bond donors (Lipinski definition) is 0. The molecule has 3 aromatic carbocycles. The van der Waals surface area contributed by atoms with Gasteiger partial charge in [-0.05, 0) is 42.3 Å². The van der Waals surface area contributed by atoms with Gasteiger partial charge in [0.15, 0.2) is 0 Å². The van der Waals surface area contributed by atoms with Crippen molar-refractivity contribution in [2.75, 3.05) is 11.4 Å². The second-order valence-corrected chi connectivity index (χ2v) is 9.24. The van der Waals surface area contributed by atoms with Gasteiger partial charge in [0.05, 0.1) is 18.8 Å². The van der Waals surface area contributed by atoms with E-state index < -0.39 is 15.8 Å². The molecule has 0 saturated carbocycles. The topological polar surface area (TPSA) is 57.7 Å². The number of amides is 1. The molecule has 0 atom stereocenters. The van der Waals surface area contributed by atoms with Gasteiger partial charge in [-0.15, -0.1) is 0 Å². The van der Waals surface area contributed by atoms with E-state index >= 15 is 0 Å². The number of benzene rings is 3. The number of para-hydroxylation sites is 1. The molecule has 154 valence electrons. The molecule has 0 spiro atoms. The Morgan fingerprint density at radius 2 is 1.63 bits per heavy atom. The van der Waals surface area contributed by atoms with Crippen LogP contribution in [0, 0.1) is 12.7 Å². The lowest BCUT2D eigenvalue weighted by atomic mass is 10.1. The van der Waals surface area contributed by atoms with Crippen molar-refractivity contribution in [3.05, 3.63) is 95.3 Å². The van der Waals surface area contributed by atoms with Crippen LogP contribution in [0.2, 0.25) is 0 Å². The highest BCUT2D eigenvalue weighted by atomic mass is 32.2. The van der Waals surface area contributed by atoms with Crippen LogP contribution in [0.25, 0.3) is 0 Å². The fourth-order valence-corrected chi connectivity index (χ4v) is 5.09. The Morgan fingerprint density at radius 3 is 2.37 bits per heavy atom. The first-order valence-corrected chi connectivity index (χ1v) is 11.0. The van der Waals surface area contributed by atoms with E-state index in [-0.39, 0.29) is 30.4 Å². The minimum absolute atomic E-state index is 0.0689. The lowest BCUT2D eigenvalue weighted by Crippen LogP contribution is -2.38. The molecular formula is C23H21FN2O3S. The van der Waals surface area contributed by atoms with Crippen LogP contribution >= 0.6 is 0 Å². The van der Waals surface area contributed by atoms with E-state index in [1.807, 2.05) is 31.2 Å². The molecule has 5 nitrogen and oxygen atoms in total. The number of nitrogens with zero attached hydrogens (tertiary/aromatic N) is 2. The van der Waals surface area contributed by atoms with Crippen LogP contribution in [0.4, 0.5) is 10.1 Å². The van der Waals surface area contributed by atoms with Crippen molar-refractivity contribution in [2.24, 2.45) is 0 Å². The van der Waals surface area contributed by atoms with Crippen molar-refractivity contribution >= 4 is 21.6 Å². The molecule has 1 aliphatic heterocycles. The Morgan fingerprint density at radius 1 is 0.900 bits per heavy atom. The van der Waals surface area contributed by atoms with E-state index in [2.05, 4.69) is 0 Å². The molecule has 0 radical (unpaired) electrons. The number of rotatable bonds is 4. The second-order valence-electron chi connectivity index (χ2n) is 7.34. The quantitative estimate of drug-likeness (QED) is 0.639. The molecule has 4 rings (SSSR count). The number of carbonyl (C=O) groups excluding carboxylic acids is 1. The third kappa shape index (κ3) is 3.99. The minimum atomic E-state index is -3.90. The first-order valence-electron chi connectivity index (χ1n) is 9.54. The maximum Gasteiger partial charge on any atom is 0.245 e. The smallest absolute Gasteiger partial charge is 0.245 e. The zero-order valence-electron chi connectivity index (χ0n) is 16.5. The Balaban J connectivity index is 1.74. The second kappa shape index (κ2) is 8.01. The van der Waals surface area contributed by atoms with E-state index in [1.54, 1.807) is 30.3 Å². The Kier molecular flexibility index (Phi) is 5.40. The SMILES string of the molecule is Cc1ccc(CN2CC(=O)N(Cc3cccc(F)c3)c3ccccc3S2(=O)=O)cc1. The van der Waals surface area contributed by atoms with Crippen LogP contribution < -0.4 is 4.90 Å². The van der Waals surface area contributed by atoms with E-state index in [0.717, 1.165) is 11.1 Å². The molecule has 1 aliphatic rings. The average Bonchev–Trinajstić information content (AvgIpc) is 2.79. The third-order valence-corrected chi connectivity index (χ3v) is 6.93. The molecular weight excluding hydrogens is 403 g/mol. The lowest BCUT2D eigenvalue weighted by molar-refractivity contribution is -0.119. The van der Waals surface area contributed by atoms with Crippen LogP contribution in [-0.2, 0) is 27.9 Å². The molecule has 30 heavy (non-hydrogen) atoms. The predicted octanol–water partition coefficient (Wildman–Crippen LogP) is 3.87. The lowest BCUT2D eigenvalue weighted by Gasteiger charge is -2.22. The zero-order chi connectivity index (χ0) is 21.3. The summed E-state index contributed by atoms with van der Waals surface area (Å²) in [6.45, 7) is 1.84. The normalized spacial score (nSPS) is 16.2. The van der Waals surface area contributed by atoms with Gasteiger partial charge in [0, 0.05) is 6.54 Å². The highest BCUT2D eigenvalue weighted by Crippen LogP contribution is 2.33. The van der Waals surface area contributed by atoms with Crippen molar-refractivity contribution in [2.45, 2.75) is 24.9 Å². The van der Waals surface area contributed by atoms with Gasteiger partial charge < -0.3 is 4.90 Å². The Hall–Kier alpha value is -3.03. The predicted molar refractivity (Wildman–Crippen MR) is 113 cm³/mol. The first-order chi connectivity index (χ1) is 14.3. The summed E-state index contributed by atoms with van der Waals surface area (Å²) < 4.78 is 41.6. The number of sulfonamides is 1. The van der Waals surface area contributed by atoms with Crippen molar-refractivity contribution < 1.29 is 17.6 Å². The molecule has 0 aliphatic carbocycles. The fourth-order valence-electron chi connectivity index (χ4n) is 3.52. The van der Waals surface area contributed by atoms with E-state index in [1.165, 1.54) is 27.4 Å². The average molecular weight is 424 g/mol. The molecule has 1 heterocycles. The summed E-state index contributed by atoms with van der Waals surface area (Å²) in [6, 6.07) is 19.9. The van der Waals surface area contributed by atoms with Gasteiger partial charge in [-0.25, -0.2) is 12.8 Å². The first kappa shape index (κ1) is 20.3. The number of fused-ring (bicyclic) bond motifs is 1. The summed E-state index contributed by atoms with van der Waals surface area (Å²) >= 11 is 0. The van der Waals surface area contributed by atoms with E-state index in [4.69, 9.17) is 0 Å². The molecule has 1 amide bonds. The molecule has 0 unspecified atom stereocenters. The van der Waals surface area contributed by atoms with Gasteiger partial charge in [-0.3, -0.25) is 4.79 Å². The standard InChI is InChI=1S/C23H21FN2O3S/c1-17-9-11-18(12-10-17)14-25-16-23(27)26(15-19-5-4-6-20(24)13-19)21-7-2-3-8-22(21)30(25,28)29/h2-13H,14-16H2,1H3. The molecule has 0 saturated heterocycles. The Labute approximate surface area is 175 Å². The number of halogens is 1. The molecule has 0 N–H and O–H groups in total. The van der Waals surface area contributed by atoms with Gasteiger partial charge >= 0.3 is 0 Å². The molecule has 3 aromatic rings. The molecule has 0 aromatic heterocycles. The number of aryl methyl sites for hydroxylation is 1. The van der Waals surface area contributed by atoms with Gasteiger partial charge in [0.25, 0.3) is 0 Å². The monoisotopic (exact) mass is 424 g/mol. The number of carbonyl (C=O) groups is 1. The maximum atomic E-state index is 13.6. The fraction of sp³-hybridized carbons (Fsp3) is 0.174. The van der Waals surface area contributed by atoms with Crippen molar-refractivity contribution in [1.82, 2.24) is 4.31 Å². The van der Waals surface area contributed by atoms with Crippen LogP contribution in [0.1, 0.15) is 16.7 Å². The number of hydrogen-bond acceptors (Lipinski definition) is 3. The van der Waals surface area contributed by atoms with Crippen molar-refractivity contribution in [1.29, 1.82) is 0 Å². The van der Waals surface area contributed by atoms with Crippen LogP contribution in [-0.4, -0.2) is 25.2 Å². The molecule has 0 fully saturated rings. The van der Waals surface area contributed by atoms with Gasteiger partial charge in [0.2, 0.25) is 15.9 Å². The largest absolute Gasteiger partial charge is 0.305 e.